The van der Waals surface area contributed by atoms with Crippen LogP contribution in [0.3, 0.4) is 0 Å². The molecule has 59 heavy (non-hydrogen) atoms. The first kappa shape index (κ1) is 47.3. The number of hydrogen-bond acceptors (Lipinski definition) is 14. The Balaban J connectivity index is 1.54. The van der Waals surface area contributed by atoms with Crippen molar-refractivity contribution in [2.75, 3.05) is 13.2 Å². The number of aliphatic hydroxyl groups excluding tert-OH is 2. The Kier molecular flexibility index (Phi) is 20.2. The zero-order valence-corrected chi connectivity index (χ0v) is 34.7. The normalized spacial score (nSPS) is 20.4. The third-order valence-corrected chi connectivity index (χ3v) is 11.2. The molecule has 1 saturated heterocycles. The molecule has 4 rings (SSSR count). The van der Waals surface area contributed by atoms with Crippen LogP contribution in [0.2, 0.25) is 0 Å². The van der Waals surface area contributed by atoms with E-state index < -0.39 is 68.2 Å². The van der Waals surface area contributed by atoms with E-state index in [2.05, 4.69) is 6.92 Å². The fourth-order valence-corrected chi connectivity index (χ4v) is 7.74. The Labute approximate surface area is 346 Å². The van der Waals surface area contributed by atoms with Crippen LogP contribution < -0.4 is 0 Å². The summed E-state index contributed by atoms with van der Waals surface area (Å²) in [5, 5.41) is 22.9. The van der Waals surface area contributed by atoms with Crippen LogP contribution in [-0.4, -0.2) is 84.0 Å². The van der Waals surface area contributed by atoms with Gasteiger partial charge in [-0.25, -0.2) is 23.7 Å². The van der Waals surface area contributed by atoms with Gasteiger partial charge in [-0.1, -0.05) is 132 Å². The summed E-state index contributed by atoms with van der Waals surface area (Å²) in [6.45, 7) is 3.29. The molecule has 3 aromatic carbocycles. The van der Waals surface area contributed by atoms with Crippen LogP contribution in [0, 0.1) is 0 Å². The summed E-state index contributed by atoms with van der Waals surface area (Å²) in [6, 6.07) is 23.0. The minimum Gasteiger partial charge on any atom is -0.457 e. The van der Waals surface area contributed by atoms with Gasteiger partial charge in [0.1, 0.15) is 0 Å². The fraction of sp³-hybridized carbons (Fsp3) is 0.500. The molecular weight excluding hydrogens is 783 g/mol. The van der Waals surface area contributed by atoms with E-state index in [4.69, 9.17) is 32.7 Å². The van der Waals surface area contributed by atoms with Gasteiger partial charge in [-0.15, -0.1) is 0 Å². The molecule has 0 aliphatic carbocycles. The summed E-state index contributed by atoms with van der Waals surface area (Å²) < 4.78 is 52.9. The number of carbonyl (C=O) groups excluding carboxylic acids is 4. The largest absolute Gasteiger partial charge is 0.457 e. The van der Waals surface area contributed by atoms with Crippen LogP contribution in [0.1, 0.15) is 122 Å². The summed E-state index contributed by atoms with van der Waals surface area (Å²) in [7, 11) is -4.95. The first-order valence-electron chi connectivity index (χ1n) is 20.5. The second-order valence-corrected chi connectivity index (χ2v) is 15.9. The molecule has 0 saturated carbocycles. The molecule has 2 N–H and O–H groups in total. The highest BCUT2D eigenvalue weighted by atomic mass is 31.2. The van der Waals surface area contributed by atoms with E-state index in [0.717, 1.165) is 32.1 Å². The van der Waals surface area contributed by atoms with E-state index in [1.165, 1.54) is 81.8 Å². The maximum absolute atomic E-state index is 14.0. The van der Waals surface area contributed by atoms with E-state index in [1.807, 2.05) is 0 Å². The highest BCUT2D eigenvalue weighted by Crippen LogP contribution is 2.52. The molecule has 15 heteroatoms. The van der Waals surface area contributed by atoms with Crippen molar-refractivity contribution in [3.63, 3.8) is 0 Å². The Morgan fingerprint density at radius 2 is 1.02 bits per heavy atom. The van der Waals surface area contributed by atoms with Gasteiger partial charge < -0.3 is 38.4 Å². The lowest BCUT2D eigenvalue weighted by Gasteiger charge is -2.44. The Morgan fingerprint density at radius 1 is 0.610 bits per heavy atom. The quantitative estimate of drug-likeness (QED) is 0.0271. The van der Waals surface area contributed by atoms with Crippen LogP contribution in [0.5, 0.6) is 0 Å². The van der Waals surface area contributed by atoms with Crippen molar-refractivity contribution >= 4 is 31.2 Å². The third-order valence-electron chi connectivity index (χ3n) is 9.59. The van der Waals surface area contributed by atoms with Crippen molar-refractivity contribution in [2.24, 2.45) is 0 Å². The Hall–Kier alpha value is -4.43. The number of unbranched alkanes of at least 4 members (excludes halogenated alkanes) is 11. The molecule has 0 amide bonds. The minimum absolute atomic E-state index is 0.0293. The van der Waals surface area contributed by atoms with Crippen molar-refractivity contribution in [1.29, 1.82) is 0 Å². The predicted octanol–water partition coefficient (Wildman–Crippen LogP) is 8.78. The summed E-state index contributed by atoms with van der Waals surface area (Å²) in [6.07, 6.45) is 0.532. The summed E-state index contributed by atoms with van der Waals surface area (Å²) in [5.74, 6) is -2.94. The van der Waals surface area contributed by atoms with E-state index in [9.17, 15) is 34.0 Å². The second kappa shape index (κ2) is 25.3. The third kappa shape index (κ3) is 15.0. The van der Waals surface area contributed by atoms with Crippen molar-refractivity contribution in [1.82, 2.24) is 0 Å². The van der Waals surface area contributed by atoms with E-state index >= 15 is 0 Å². The first-order valence-corrected chi connectivity index (χ1v) is 22.0. The molecule has 0 radical (unpaired) electrons. The molecule has 1 heterocycles. The molecule has 0 bridgehead atoms. The van der Waals surface area contributed by atoms with Gasteiger partial charge >= 0.3 is 31.2 Å². The highest BCUT2D eigenvalue weighted by molar-refractivity contribution is 7.71. The Morgan fingerprint density at radius 3 is 1.46 bits per heavy atom. The lowest BCUT2D eigenvalue weighted by atomic mass is 9.97. The summed E-state index contributed by atoms with van der Waals surface area (Å²) in [4.78, 5) is 53.5. The maximum atomic E-state index is 14.0. The molecule has 322 valence electrons. The molecule has 0 spiro atoms. The first-order chi connectivity index (χ1) is 28.6. The SMILES string of the molecule is CCCCCCCCCCCCCCOP(=O)(OC(O)[C@H]1O[C@H](O)[C@H](OC(=O)c2ccccc2)[C@@H](OC(=O)c2ccccc2)[C@@H]1OC(=O)c1ccccc1)C(=O)OCC. The van der Waals surface area contributed by atoms with Gasteiger partial charge in [-0.2, -0.15) is 0 Å². The van der Waals surface area contributed by atoms with Gasteiger partial charge in [-0.05, 0) is 49.7 Å². The van der Waals surface area contributed by atoms with Gasteiger partial charge in [0, 0.05) is 0 Å². The predicted molar refractivity (Wildman–Crippen MR) is 217 cm³/mol. The van der Waals surface area contributed by atoms with Crippen molar-refractivity contribution in [3.05, 3.63) is 108 Å². The fourth-order valence-electron chi connectivity index (χ4n) is 6.43. The maximum Gasteiger partial charge on any atom is 0.440 e. The number of esters is 3. The van der Waals surface area contributed by atoms with Crippen molar-refractivity contribution < 1.29 is 66.7 Å². The monoisotopic (exact) mass is 840 g/mol. The van der Waals surface area contributed by atoms with Gasteiger partial charge in [0.05, 0.1) is 29.9 Å². The van der Waals surface area contributed by atoms with Crippen molar-refractivity contribution in [3.8, 4) is 0 Å². The summed E-state index contributed by atoms with van der Waals surface area (Å²) in [5.41, 5.74) is -1.26. The molecule has 3 aromatic rings. The van der Waals surface area contributed by atoms with Gasteiger partial charge in [0.15, 0.2) is 37.0 Å². The molecule has 14 nitrogen and oxygen atoms in total. The number of carbonyl (C=O) groups is 4. The molecule has 1 aliphatic rings. The lowest BCUT2D eigenvalue weighted by molar-refractivity contribution is -0.311. The van der Waals surface area contributed by atoms with Crippen molar-refractivity contribution in [2.45, 2.75) is 128 Å². The van der Waals surface area contributed by atoms with Crippen LogP contribution >= 0.6 is 7.60 Å². The number of aliphatic hydroxyl groups is 2. The molecule has 0 aromatic heterocycles. The average Bonchev–Trinajstić information content (AvgIpc) is 3.25. The molecule has 2 unspecified atom stereocenters. The smallest absolute Gasteiger partial charge is 0.440 e. The molecule has 7 atom stereocenters. The van der Waals surface area contributed by atoms with Gasteiger partial charge in [-0.3, -0.25) is 4.52 Å². The lowest BCUT2D eigenvalue weighted by Crippen LogP contribution is -2.64. The molecular formula is C44H57O14P. The van der Waals surface area contributed by atoms with Gasteiger partial charge in [0.25, 0.3) is 0 Å². The topological polar surface area (TPSA) is 190 Å². The number of benzene rings is 3. The Bertz CT molecular complexity index is 1760. The molecule has 1 fully saturated rings. The number of hydrogen-bond donors (Lipinski definition) is 2. The minimum atomic E-state index is -4.95. The van der Waals surface area contributed by atoms with E-state index in [-0.39, 0.29) is 29.9 Å². The van der Waals surface area contributed by atoms with Crippen LogP contribution in [0.4, 0.5) is 4.79 Å². The second-order valence-electron chi connectivity index (χ2n) is 14.1. The number of rotatable bonds is 25. The van der Waals surface area contributed by atoms with E-state index in [0.29, 0.717) is 6.42 Å². The zero-order chi connectivity index (χ0) is 42.5. The van der Waals surface area contributed by atoms with Gasteiger partial charge in [0.2, 0.25) is 0 Å². The van der Waals surface area contributed by atoms with Crippen LogP contribution in [-0.2, 0) is 37.3 Å². The molecule has 1 aliphatic heterocycles. The summed E-state index contributed by atoms with van der Waals surface area (Å²) >= 11 is 0. The standard InChI is InChI=1S/C44H57O14P/c1-3-5-6-7-8-9-10-11-12-13-14-24-31-53-59(51,44(50)52-4-2)58-43(49)38-36(55-40(46)33-27-20-16-21-28-33)35(54-39(45)32-25-18-15-19-26-32)37(42(48)57-38)56-41(47)34-29-22-17-23-30-34/h15-23,25-30,35-38,42-43,48-49H,3-14,24,31H2,1-2H3/t35-,36-,37+,38-,42-,43?,59?/m0/s1. The highest BCUT2D eigenvalue weighted by Gasteiger charge is 2.56. The average molecular weight is 841 g/mol. The van der Waals surface area contributed by atoms with Crippen LogP contribution in [0.15, 0.2) is 91.0 Å². The van der Waals surface area contributed by atoms with E-state index in [1.54, 1.807) is 54.6 Å². The van der Waals surface area contributed by atoms with Crippen LogP contribution in [0.25, 0.3) is 0 Å². The zero-order valence-electron chi connectivity index (χ0n) is 33.8. The number of ether oxygens (including phenoxy) is 5.